The number of carbonyl (C=O) groups is 1. The van der Waals surface area contributed by atoms with Crippen LogP contribution in [-0.2, 0) is 4.79 Å². The van der Waals surface area contributed by atoms with E-state index in [9.17, 15) is 9.90 Å². The van der Waals surface area contributed by atoms with Crippen LogP contribution in [0, 0.1) is 0 Å². The van der Waals surface area contributed by atoms with Crippen molar-refractivity contribution in [2.45, 2.75) is 71.1 Å². The maximum atomic E-state index is 10.1. The molecule has 0 heterocycles. The fraction of sp³-hybridized carbons (Fsp3) is 0.917. The van der Waals surface area contributed by atoms with Gasteiger partial charge in [0.05, 0.1) is 0 Å². The molecule has 0 aromatic heterocycles. The fourth-order valence-electron chi connectivity index (χ4n) is 1.58. The van der Waals surface area contributed by atoms with E-state index in [0.717, 1.165) is 12.8 Å². The monoisotopic (exact) mass is 319 g/mol. The molecule has 0 aliphatic carbocycles. The van der Waals surface area contributed by atoms with Crippen molar-refractivity contribution in [2.75, 3.05) is 0 Å². The Morgan fingerprint density at radius 2 is 1.27 bits per heavy atom. The van der Waals surface area contributed by atoms with Gasteiger partial charge in [0.1, 0.15) is 0 Å². The minimum absolute atomic E-state index is 0. The van der Waals surface area contributed by atoms with Crippen molar-refractivity contribution in [1.29, 1.82) is 0 Å². The maximum absolute atomic E-state index is 10.1. The summed E-state index contributed by atoms with van der Waals surface area (Å²) >= 11 is 0. The number of rotatable bonds is 10. The van der Waals surface area contributed by atoms with Crippen molar-refractivity contribution < 1.29 is 9.90 Å². The molecule has 0 aliphatic rings. The number of aliphatic carboxylic acids is 1. The molecule has 2 nitrogen and oxygen atoms in total. The number of carbonyl (C=O) groups excluding carboxylic acids is 1. The maximum Gasteiger partial charge on any atom is 1.00 e. The van der Waals surface area contributed by atoms with Gasteiger partial charge < -0.3 is 9.90 Å². The minimum atomic E-state index is -0.909. The van der Waals surface area contributed by atoms with Crippen LogP contribution in [0.25, 0.3) is 0 Å². The van der Waals surface area contributed by atoms with Crippen molar-refractivity contribution in [2.24, 2.45) is 0 Å². The molecule has 0 aliphatic heterocycles. The molecule has 0 saturated carbocycles. The van der Waals surface area contributed by atoms with Crippen molar-refractivity contribution in [3.05, 3.63) is 0 Å². The van der Waals surface area contributed by atoms with E-state index in [2.05, 4.69) is 6.92 Å². The zero-order valence-electron chi connectivity index (χ0n) is 9.89. The Morgan fingerprint density at radius 3 is 1.67 bits per heavy atom. The first-order chi connectivity index (χ1) is 6.77. The number of hydrogen-bond donors (Lipinski definition) is 0. The number of carboxylic acid groups (broad SMARTS) is 1. The molecule has 0 bridgehead atoms. The second-order valence-electron chi connectivity index (χ2n) is 3.95. The smallest absolute Gasteiger partial charge is 0.550 e. The zero-order chi connectivity index (χ0) is 10.6. The zero-order valence-corrected chi connectivity index (χ0v) is 12.7. The Kier molecular flexibility index (Phi) is 16.8. The standard InChI is InChI=1S/C12H24O2.Sn/c1-2-3-4-5-6-7-8-9-10-11-12(13)14;/h2-11H2,1H3,(H,13,14);/q;+1/p-1. The Balaban J connectivity index is 0. The van der Waals surface area contributed by atoms with Crippen LogP contribution in [0.1, 0.15) is 71.1 Å². The molecule has 0 rings (SSSR count). The van der Waals surface area contributed by atoms with E-state index in [1.54, 1.807) is 0 Å². The van der Waals surface area contributed by atoms with Crippen molar-refractivity contribution in [3.8, 4) is 0 Å². The molecule has 0 saturated heterocycles. The van der Waals surface area contributed by atoms with Gasteiger partial charge in [-0.2, -0.15) is 0 Å². The van der Waals surface area contributed by atoms with E-state index in [4.69, 9.17) is 0 Å². The molecule has 0 aromatic rings. The second kappa shape index (κ2) is 14.3. The summed E-state index contributed by atoms with van der Waals surface area (Å²) in [5.74, 6) is -0.909. The third-order valence-electron chi connectivity index (χ3n) is 2.48. The van der Waals surface area contributed by atoms with Crippen molar-refractivity contribution >= 4 is 29.9 Å². The van der Waals surface area contributed by atoms with Gasteiger partial charge in [0.2, 0.25) is 0 Å². The average Bonchev–Trinajstić information content (AvgIpc) is 2.15. The van der Waals surface area contributed by atoms with Gasteiger partial charge in [0.15, 0.2) is 0 Å². The molecule has 87 valence electrons. The van der Waals surface area contributed by atoms with Gasteiger partial charge in [0.25, 0.3) is 0 Å². The first kappa shape index (κ1) is 17.7. The quantitative estimate of drug-likeness (QED) is 0.458. The molecule has 0 spiro atoms. The van der Waals surface area contributed by atoms with E-state index in [1.807, 2.05) is 0 Å². The predicted molar refractivity (Wildman–Crippen MR) is 62.6 cm³/mol. The molecule has 0 N–H and O–H groups in total. The predicted octanol–water partition coefficient (Wildman–Crippen LogP) is 2.28. The summed E-state index contributed by atoms with van der Waals surface area (Å²) < 4.78 is 0. The van der Waals surface area contributed by atoms with Crippen LogP contribution in [0.4, 0.5) is 0 Å². The van der Waals surface area contributed by atoms with E-state index >= 15 is 0 Å². The fourth-order valence-corrected chi connectivity index (χ4v) is 1.58. The first-order valence-corrected chi connectivity index (χ1v) is 5.97. The van der Waals surface area contributed by atoms with Crippen LogP contribution in [0.3, 0.4) is 0 Å². The summed E-state index contributed by atoms with van der Waals surface area (Å²) in [6.07, 6.45) is 11.2. The third kappa shape index (κ3) is 16.9. The SMILES string of the molecule is CCCCCCCCCCCC(=O)[O-].[Sn+]. The van der Waals surface area contributed by atoms with E-state index < -0.39 is 5.97 Å². The van der Waals surface area contributed by atoms with Gasteiger partial charge in [-0.3, -0.25) is 0 Å². The van der Waals surface area contributed by atoms with Crippen LogP contribution in [0.15, 0.2) is 0 Å². The normalized spacial score (nSPS) is 9.67. The van der Waals surface area contributed by atoms with Gasteiger partial charge >= 0.3 is 23.9 Å². The van der Waals surface area contributed by atoms with Crippen molar-refractivity contribution in [3.63, 3.8) is 0 Å². The molecule has 0 unspecified atom stereocenters. The average molecular weight is 318 g/mol. The first-order valence-electron chi connectivity index (χ1n) is 5.97. The van der Waals surface area contributed by atoms with Crippen LogP contribution in [0.5, 0.6) is 0 Å². The van der Waals surface area contributed by atoms with E-state index in [-0.39, 0.29) is 30.3 Å². The molecule has 3 radical (unpaired) electrons. The summed E-state index contributed by atoms with van der Waals surface area (Å²) in [5, 5.41) is 10.1. The van der Waals surface area contributed by atoms with Gasteiger partial charge in [-0.25, -0.2) is 0 Å². The topological polar surface area (TPSA) is 40.1 Å². The molecule has 0 atom stereocenters. The van der Waals surface area contributed by atoms with E-state index in [0.29, 0.717) is 0 Å². The van der Waals surface area contributed by atoms with Gasteiger partial charge in [0, 0.05) is 5.97 Å². The summed E-state index contributed by atoms with van der Waals surface area (Å²) in [5.41, 5.74) is 0. The Morgan fingerprint density at radius 1 is 0.867 bits per heavy atom. The summed E-state index contributed by atoms with van der Waals surface area (Å²) in [7, 11) is 0. The molecule has 15 heavy (non-hydrogen) atoms. The van der Waals surface area contributed by atoms with Crippen LogP contribution >= 0.6 is 0 Å². The van der Waals surface area contributed by atoms with Gasteiger partial charge in [-0.05, 0) is 12.8 Å². The van der Waals surface area contributed by atoms with Crippen LogP contribution in [-0.4, -0.2) is 29.9 Å². The Labute approximate surface area is 111 Å². The number of carboxylic acids is 1. The summed E-state index contributed by atoms with van der Waals surface area (Å²) in [6.45, 7) is 2.22. The van der Waals surface area contributed by atoms with E-state index in [1.165, 1.54) is 44.9 Å². The van der Waals surface area contributed by atoms with Crippen LogP contribution in [0.2, 0.25) is 0 Å². The molecular weight excluding hydrogens is 295 g/mol. The molecule has 0 fully saturated rings. The molecule has 0 aromatic carbocycles. The minimum Gasteiger partial charge on any atom is -0.550 e. The Bertz CT molecular complexity index is 138. The molecule has 0 amide bonds. The third-order valence-corrected chi connectivity index (χ3v) is 2.48. The molecule has 3 heteroatoms. The summed E-state index contributed by atoms with van der Waals surface area (Å²) in [4.78, 5) is 10.1. The molecular formula is C12H23O2Sn. The van der Waals surface area contributed by atoms with Crippen molar-refractivity contribution in [1.82, 2.24) is 0 Å². The van der Waals surface area contributed by atoms with Gasteiger partial charge in [-0.1, -0.05) is 58.3 Å². The van der Waals surface area contributed by atoms with Gasteiger partial charge in [-0.15, -0.1) is 0 Å². The number of hydrogen-bond acceptors (Lipinski definition) is 2. The second-order valence-corrected chi connectivity index (χ2v) is 3.95. The Hall–Kier alpha value is 0.269. The largest absolute Gasteiger partial charge is 1.00 e. The van der Waals surface area contributed by atoms with Crippen LogP contribution < -0.4 is 5.11 Å². The summed E-state index contributed by atoms with van der Waals surface area (Å²) in [6, 6.07) is 0. The number of unbranched alkanes of at least 4 members (excludes halogenated alkanes) is 8.